The van der Waals surface area contributed by atoms with Gasteiger partial charge in [0.25, 0.3) is 0 Å². The lowest BCUT2D eigenvalue weighted by atomic mass is 10.0. The van der Waals surface area contributed by atoms with Crippen molar-refractivity contribution < 1.29 is 8.78 Å². The fourth-order valence-electron chi connectivity index (χ4n) is 3.29. The molecular weight excluding hydrogens is 410 g/mol. The molecule has 32 heavy (non-hydrogen) atoms. The number of para-hydroxylation sites is 1. The average molecular weight is 437 g/mol. The molecule has 1 unspecified atom stereocenters. The van der Waals surface area contributed by atoms with Gasteiger partial charge in [0.05, 0.1) is 25.0 Å². The van der Waals surface area contributed by atoms with Gasteiger partial charge in [0.15, 0.2) is 0 Å². The molecule has 2 heterocycles. The summed E-state index contributed by atoms with van der Waals surface area (Å²) < 4.78 is 27.6. The van der Waals surface area contributed by atoms with Crippen LogP contribution in [-0.4, -0.2) is 25.5 Å². The van der Waals surface area contributed by atoms with Crippen molar-refractivity contribution in [3.8, 4) is 6.07 Å². The minimum absolute atomic E-state index is 0.313. The van der Waals surface area contributed by atoms with Crippen molar-refractivity contribution in [2.45, 2.75) is 20.0 Å². The van der Waals surface area contributed by atoms with E-state index in [1.54, 1.807) is 6.08 Å². The number of hydrogen-bond donors (Lipinski definition) is 4. The van der Waals surface area contributed by atoms with Crippen molar-refractivity contribution in [3.63, 3.8) is 0 Å². The third kappa shape index (κ3) is 5.43. The maximum absolute atomic E-state index is 14.3. The first-order valence-electron chi connectivity index (χ1n) is 10.5. The lowest BCUT2D eigenvalue weighted by Gasteiger charge is -2.30. The van der Waals surface area contributed by atoms with Crippen LogP contribution >= 0.6 is 0 Å². The van der Waals surface area contributed by atoms with Crippen molar-refractivity contribution in [1.29, 1.82) is 5.26 Å². The Bertz CT molecular complexity index is 1080. The largest absolute Gasteiger partial charge is 0.370 e. The molecule has 0 radical (unpaired) electrons. The second kappa shape index (κ2) is 11.0. The van der Waals surface area contributed by atoms with E-state index in [2.05, 4.69) is 32.3 Å². The molecule has 2 aromatic rings. The second-order valence-electron chi connectivity index (χ2n) is 6.83. The van der Waals surface area contributed by atoms with Crippen LogP contribution in [0, 0.1) is 23.0 Å². The van der Waals surface area contributed by atoms with Crippen LogP contribution < -0.4 is 21.3 Å². The number of dihydropyridines is 1. The molecule has 0 aromatic heterocycles. The van der Waals surface area contributed by atoms with Crippen molar-refractivity contribution >= 4 is 11.5 Å². The van der Waals surface area contributed by atoms with Gasteiger partial charge in [-0.2, -0.15) is 5.26 Å². The molecule has 2 aliphatic heterocycles. The first-order valence-corrected chi connectivity index (χ1v) is 10.5. The summed E-state index contributed by atoms with van der Waals surface area (Å²) in [6.45, 7) is 5.55. The number of nitriles is 1. The molecule has 0 bridgehead atoms. The Morgan fingerprint density at radius 2 is 1.94 bits per heavy atom. The van der Waals surface area contributed by atoms with E-state index >= 15 is 0 Å². The zero-order valence-electron chi connectivity index (χ0n) is 18.0. The maximum Gasteiger partial charge on any atom is 0.133 e. The Morgan fingerprint density at radius 3 is 2.66 bits per heavy atom. The minimum Gasteiger partial charge on any atom is -0.370 e. The third-order valence-electron chi connectivity index (χ3n) is 4.80. The van der Waals surface area contributed by atoms with Crippen LogP contribution in [0.5, 0.6) is 0 Å². The highest BCUT2D eigenvalue weighted by atomic mass is 19.1. The third-order valence-corrected chi connectivity index (χ3v) is 4.80. The number of nitrogens with zero attached hydrogens (tertiary/aromatic N) is 2. The summed E-state index contributed by atoms with van der Waals surface area (Å²) in [5.74, 6) is 0.228. The smallest absolute Gasteiger partial charge is 0.133 e. The quantitative estimate of drug-likeness (QED) is 0.534. The van der Waals surface area contributed by atoms with E-state index in [-0.39, 0.29) is 0 Å². The van der Waals surface area contributed by atoms with Crippen molar-refractivity contribution in [3.05, 3.63) is 88.8 Å². The SMILES string of the molecule is CC.N#CC1=CC=C(NCCN=C2NC(c3ccc(F)cc3F)Nc3ccccc32)NC1. The number of anilines is 1. The fourth-order valence-corrected chi connectivity index (χ4v) is 3.29. The van der Waals surface area contributed by atoms with E-state index in [0.717, 1.165) is 23.1 Å². The number of benzene rings is 2. The first kappa shape index (κ1) is 22.8. The molecule has 2 aliphatic rings. The van der Waals surface area contributed by atoms with Crippen LogP contribution in [0.25, 0.3) is 0 Å². The summed E-state index contributed by atoms with van der Waals surface area (Å²) in [5.41, 5.74) is 2.69. The van der Waals surface area contributed by atoms with Crippen molar-refractivity contribution in [2.75, 3.05) is 25.0 Å². The zero-order chi connectivity index (χ0) is 22.9. The topological polar surface area (TPSA) is 84.3 Å². The summed E-state index contributed by atoms with van der Waals surface area (Å²) >= 11 is 0. The molecule has 0 saturated heterocycles. The Kier molecular flexibility index (Phi) is 7.81. The van der Waals surface area contributed by atoms with Gasteiger partial charge in [-0.3, -0.25) is 4.99 Å². The van der Waals surface area contributed by atoms with E-state index in [0.29, 0.717) is 36.6 Å². The standard InChI is InChI=1S/C22H20F2N6.C2H6/c23-15-6-7-16(18(24)11-15)22-29-19-4-2-1-3-17(19)21(30-22)27-10-9-26-20-8-5-14(12-25)13-28-20;1-2/h1-8,11,22,26,28-29H,9-10,13H2,(H,27,30);1-2H3. The van der Waals surface area contributed by atoms with Gasteiger partial charge in [-0.25, -0.2) is 8.78 Å². The summed E-state index contributed by atoms with van der Waals surface area (Å²) in [5, 5.41) is 21.7. The van der Waals surface area contributed by atoms with Crippen molar-refractivity contribution in [1.82, 2.24) is 16.0 Å². The molecule has 1 atom stereocenters. The number of rotatable bonds is 5. The van der Waals surface area contributed by atoms with Crippen molar-refractivity contribution in [2.24, 2.45) is 4.99 Å². The predicted molar refractivity (Wildman–Crippen MR) is 123 cm³/mol. The summed E-state index contributed by atoms with van der Waals surface area (Å²) in [4.78, 5) is 4.65. The van der Waals surface area contributed by atoms with Gasteiger partial charge in [-0.1, -0.05) is 26.0 Å². The molecule has 0 amide bonds. The normalized spacial score (nSPS) is 17.7. The second-order valence-corrected chi connectivity index (χ2v) is 6.83. The minimum atomic E-state index is -0.625. The Hall–Kier alpha value is -3.86. The number of fused-ring (bicyclic) bond motifs is 1. The van der Waals surface area contributed by atoms with Gasteiger partial charge in [0.2, 0.25) is 0 Å². The first-order chi connectivity index (χ1) is 15.6. The molecule has 6 nitrogen and oxygen atoms in total. The van der Waals surface area contributed by atoms with Crippen LogP contribution in [0.15, 0.2) is 71.0 Å². The number of hydrogen-bond acceptors (Lipinski definition) is 5. The van der Waals surface area contributed by atoms with Crippen LogP contribution in [-0.2, 0) is 0 Å². The van der Waals surface area contributed by atoms with Gasteiger partial charge in [0.1, 0.15) is 23.6 Å². The van der Waals surface area contributed by atoms with Crippen LogP contribution in [0.1, 0.15) is 31.1 Å². The molecule has 4 rings (SSSR count). The summed E-state index contributed by atoms with van der Waals surface area (Å²) in [6.07, 6.45) is 3.03. The van der Waals surface area contributed by atoms with E-state index in [1.165, 1.54) is 12.1 Å². The molecule has 0 aliphatic carbocycles. The molecule has 166 valence electrons. The lowest BCUT2D eigenvalue weighted by molar-refractivity contribution is 0.554. The van der Waals surface area contributed by atoms with Crippen LogP contribution in [0.4, 0.5) is 14.5 Å². The highest BCUT2D eigenvalue weighted by molar-refractivity contribution is 6.05. The summed E-state index contributed by atoms with van der Waals surface area (Å²) in [7, 11) is 0. The Labute approximate surface area is 186 Å². The lowest BCUT2D eigenvalue weighted by Crippen LogP contribution is -2.40. The maximum atomic E-state index is 14.3. The zero-order valence-corrected chi connectivity index (χ0v) is 18.0. The molecular formula is C24H26F2N6. The highest BCUT2D eigenvalue weighted by Crippen LogP contribution is 2.28. The number of halogens is 2. The molecule has 2 aromatic carbocycles. The number of aliphatic imine (C=N–C) groups is 1. The highest BCUT2D eigenvalue weighted by Gasteiger charge is 2.25. The average Bonchev–Trinajstić information content (AvgIpc) is 2.83. The monoisotopic (exact) mass is 436 g/mol. The van der Waals surface area contributed by atoms with E-state index in [1.807, 2.05) is 44.2 Å². The molecule has 0 saturated carbocycles. The number of nitrogens with one attached hydrogen (secondary N) is 4. The Balaban J connectivity index is 0.00000141. The van der Waals surface area contributed by atoms with E-state index in [4.69, 9.17) is 5.26 Å². The molecule has 8 heteroatoms. The van der Waals surface area contributed by atoms with Gasteiger partial charge in [-0.05, 0) is 36.4 Å². The van der Waals surface area contributed by atoms with Gasteiger partial charge in [0, 0.05) is 35.0 Å². The summed E-state index contributed by atoms with van der Waals surface area (Å²) in [6, 6.07) is 13.3. The number of amidine groups is 1. The van der Waals surface area contributed by atoms with Crippen LogP contribution in [0.2, 0.25) is 0 Å². The number of allylic oxidation sites excluding steroid dienone is 2. The van der Waals surface area contributed by atoms with E-state index < -0.39 is 17.8 Å². The van der Waals surface area contributed by atoms with Gasteiger partial charge in [-0.15, -0.1) is 0 Å². The molecule has 0 spiro atoms. The van der Waals surface area contributed by atoms with Gasteiger partial charge < -0.3 is 21.3 Å². The fraction of sp³-hybridized carbons (Fsp3) is 0.250. The molecule has 0 fully saturated rings. The predicted octanol–water partition coefficient (Wildman–Crippen LogP) is 3.94. The van der Waals surface area contributed by atoms with E-state index in [9.17, 15) is 8.78 Å². The Morgan fingerprint density at radius 1 is 1.12 bits per heavy atom. The molecule has 4 N–H and O–H groups in total. The van der Waals surface area contributed by atoms with Gasteiger partial charge >= 0.3 is 0 Å². The van der Waals surface area contributed by atoms with Crippen LogP contribution in [0.3, 0.4) is 0 Å².